The number of nitrogens with one attached hydrogen (secondary N) is 1. The Hall–Kier alpha value is -0.870. The molecule has 4 heteroatoms. The lowest BCUT2D eigenvalue weighted by Gasteiger charge is -2.16. The Kier molecular flexibility index (Phi) is 5.65. The Morgan fingerprint density at radius 3 is 2.76 bits per heavy atom. The molecule has 4 nitrogen and oxygen atoms in total. The highest BCUT2D eigenvalue weighted by Gasteiger charge is 2.06. The Bertz CT molecular complexity index is 330. The molecule has 0 aliphatic rings. The first kappa shape index (κ1) is 14.2. The maximum atomic E-state index is 4.45. The number of aryl methyl sites for hydroxylation is 2. The molecule has 0 aliphatic carbocycles. The van der Waals surface area contributed by atoms with E-state index >= 15 is 0 Å². The topological polar surface area (TPSA) is 33.1 Å². The molecule has 98 valence electrons. The van der Waals surface area contributed by atoms with Gasteiger partial charge in [-0.2, -0.15) is 5.10 Å². The minimum absolute atomic E-state index is 0.540. The largest absolute Gasteiger partial charge is 0.309 e. The van der Waals surface area contributed by atoms with Crippen molar-refractivity contribution in [2.75, 3.05) is 20.6 Å². The molecule has 0 fully saturated rings. The average molecular weight is 238 g/mol. The third-order valence-corrected chi connectivity index (χ3v) is 2.93. The van der Waals surface area contributed by atoms with Gasteiger partial charge in [0.15, 0.2) is 0 Å². The second-order valence-electron chi connectivity index (χ2n) is 4.97. The van der Waals surface area contributed by atoms with Crippen molar-refractivity contribution in [2.45, 2.75) is 46.3 Å². The molecule has 1 aromatic rings. The first-order valence-corrected chi connectivity index (χ1v) is 6.44. The van der Waals surface area contributed by atoms with Gasteiger partial charge in [-0.25, -0.2) is 0 Å². The van der Waals surface area contributed by atoms with E-state index in [1.54, 1.807) is 0 Å². The zero-order valence-electron chi connectivity index (χ0n) is 11.8. The van der Waals surface area contributed by atoms with Crippen molar-refractivity contribution >= 4 is 0 Å². The fraction of sp³-hybridized carbons (Fsp3) is 0.769. The second kappa shape index (κ2) is 6.77. The summed E-state index contributed by atoms with van der Waals surface area (Å²) in [6.07, 6.45) is 1.17. The van der Waals surface area contributed by atoms with Crippen LogP contribution in [0, 0.1) is 6.92 Å². The summed E-state index contributed by atoms with van der Waals surface area (Å²) in [7, 11) is 4.23. The monoisotopic (exact) mass is 238 g/mol. The molecule has 0 radical (unpaired) electrons. The summed E-state index contributed by atoms with van der Waals surface area (Å²) in [5, 5.41) is 8.00. The van der Waals surface area contributed by atoms with Crippen LogP contribution < -0.4 is 5.32 Å². The molecule has 0 spiro atoms. The molecule has 0 amide bonds. The normalized spacial score (nSPS) is 13.3. The van der Waals surface area contributed by atoms with Gasteiger partial charge in [-0.3, -0.25) is 4.68 Å². The van der Waals surface area contributed by atoms with Crippen LogP contribution in [-0.4, -0.2) is 41.4 Å². The summed E-state index contributed by atoms with van der Waals surface area (Å²) in [4.78, 5) is 2.22. The number of rotatable bonds is 7. The van der Waals surface area contributed by atoms with Crippen molar-refractivity contribution in [1.29, 1.82) is 0 Å². The van der Waals surface area contributed by atoms with Crippen molar-refractivity contribution < 1.29 is 0 Å². The van der Waals surface area contributed by atoms with Gasteiger partial charge in [-0.1, -0.05) is 0 Å². The molecule has 1 aromatic heterocycles. The van der Waals surface area contributed by atoms with E-state index in [-0.39, 0.29) is 0 Å². The molecule has 0 saturated carbocycles. The number of hydrogen-bond acceptors (Lipinski definition) is 3. The fourth-order valence-corrected chi connectivity index (χ4v) is 1.85. The Morgan fingerprint density at radius 1 is 1.47 bits per heavy atom. The van der Waals surface area contributed by atoms with Crippen LogP contribution in [0.15, 0.2) is 6.07 Å². The average Bonchev–Trinajstić information content (AvgIpc) is 2.64. The van der Waals surface area contributed by atoms with Crippen LogP contribution in [0.1, 0.15) is 31.7 Å². The minimum Gasteiger partial charge on any atom is -0.309 e. The van der Waals surface area contributed by atoms with Gasteiger partial charge in [-0.15, -0.1) is 0 Å². The van der Waals surface area contributed by atoms with Gasteiger partial charge in [0.1, 0.15) is 0 Å². The standard InChI is InChI=1S/C13H26N4/c1-6-17-13(9-12(3)15-17)10-14-11(2)7-8-16(4)5/h9,11,14H,6-8,10H2,1-5H3. The molecular weight excluding hydrogens is 212 g/mol. The Labute approximate surface area is 105 Å². The first-order chi connectivity index (χ1) is 8.02. The Morgan fingerprint density at radius 2 is 2.18 bits per heavy atom. The van der Waals surface area contributed by atoms with E-state index in [0.717, 1.165) is 25.3 Å². The summed E-state index contributed by atoms with van der Waals surface area (Å²) in [5.41, 5.74) is 2.38. The van der Waals surface area contributed by atoms with Gasteiger partial charge >= 0.3 is 0 Å². The zero-order valence-corrected chi connectivity index (χ0v) is 11.8. The van der Waals surface area contributed by atoms with E-state index in [1.165, 1.54) is 12.1 Å². The maximum absolute atomic E-state index is 4.45. The first-order valence-electron chi connectivity index (χ1n) is 6.44. The molecule has 0 aromatic carbocycles. The van der Waals surface area contributed by atoms with E-state index in [2.05, 4.69) is 54.0 Å². The van der Waals surface area contributed by atoms with E-state index in [4.69, 9.17) is 0 Å². The molecule has 0 saturated heterocycles. The Balaban J connectivity index is 2.38. The predicted octanol–water partition coefficient (Wildman–Crippen LogP) is 1.64. The zero-order chi connectivity index (χ0) is 12.8. The van der Waals surface area contributed by atoms with Gasteiger partial charge in [0, 0.05) is 19.1 Å². The molecule has 1 rings (SSSR count). The van der Waals surface area contributed by atoms with Crippen LogP contribution >= 0.6 is 0 Å². The van der Waals surface area contributed by atoms with Crippen molar-refractivity contribution in [3.8, 4) is 0 Å². The molecule has 0 aliphatic heterocycles. The lowest BCUT2D eigenvalue weighted by atomic mass is 10.2. The van der Waals surface area contributed by atoms with E-state index in [9.17, 15) is 0 Å². The fourth-order valence-electron chi connectivity index (χ4n) is 1.85. The summed E-state index contributed by atoms with van der Waals surface area (Å²) in [6.45, 7) is 9.39. The van der Waals surface area contributed by atoms with E-state index < -0.39 is 0 Å². The SMILES string of the molecule is CCn1nc(C)cc1CNC(C)CCN(C)C. The quantitative estimate of drug-likeness (QED) is 0.784. The van der Waals surface area contributed by atoms with Crippen molar-refractivity contribution in [2.24, 2.45) is 0 Å². The van der Waals surface area contributed by atoms with Crippen LogP contribution in [0.5, 0.6) is 0 Å². The summed E-state index contributed by atoms with van der Waals surface area (Å²) in [6, 6.07) is 2.70. The lowest BCUT2D eigenvalue weighted by molar-refractivity contribution is 0.364. The highest BCUT2D eigenvalue weighted by atomic mass is 15.3. The highest BCUT2D eigenvalue weighted by Crippen LogP contribution is 2.04. The van der Waals surface area contributed by atoms with Gasteiger partial charge in [0.2, 0.25) is 0 Å². The van der Waals surface area contributed by atoms with Crippen LogP contribution in [0.4, 0.5) is 0 Å². The van der Waals surface area contributed by atoms with Crippen LogP contribution in [0.25, 0.3) is 0 Å². The second-order valence-corrected chi connectivity index (χ2v) is 4.97. The predicted molar refractivity (Wildman–Crippen MR) is 72.1 cm³/mol. The lowest BCUT2D eigenvalue weighted by Crippen LogP contribution is -2.30. The maximum Gasteiger partial charge on any atom is 0.0597 e. The van der Waals surface area contributed by atoms with Crippen LogP contribution in [-0.2, 0) is 13.1 Å². The van der Waals surface area contributed by atoms with Crippen molar-refractivity contribution in [1.82, 2.24) is 20.0 Å². The third kappa shape index (κ3) is 4.88. The van der Waals surface area contributed by atoms with E-state index in [1.807, 2.05) is 6.92 Å². The van der Waals surface area contributed by atoms with Crippen molar-refractivity contribution in [3.05, 3.63) is 17.5 Å². The minimum atomic E-state index is 0.540. The van der Waals surface area contributed by atoms with Crippen molar-refractivity contribution in [3.63, 3.8) is 0 Å². The molecule has 1 heterocycles. The summed E-state index contributed by atoms with van der Waals surface area (Å²) < 4.78 is 2.07. The summed E-state index contributed by atoms with van der Waals surface area (Å²) in [5.74, 6) is 0. The summed E-state index contributed by atoms with van der Waals surface area (Å²) >= 11 is 0. The molecule has 17 heavy (non-hydrogen) atoms. The number of hydrogen-bond donors (Lipinski definition) is 1. The van der Waals surface area contributed by atoms with E-state index in [0.29, 0.717) is 6.04 Å². The smallest absolute Gasteiger partial charge is 0.0597 e. The highest BCUT2D eigenvalue weighted by molar-refractivity contribution is 5.08. The third-order valence-electron chi connectivity index (χ3n) is 2.93. The van der Waals surface area contributed by atoms with Crippen LogP contribution in [0.2, 0.25) is 0 Å². The van der Waals surface area contributed by atoms with Gasteiger partial charge in [-0.05, 0) is 53.9 Å². The van der Waals surface area contributed by atoms with Crippen LogP contribution in [0.3, 0.4) is 0 Å². The molecule has 1 N–H and O–H groups in total. The molecule has 1 atom stereocenters. The van der Waals surface area contributed by atoms with Gasteiger partial charge in [0.05, 0.1) is 11.4 Å². The molecule has 0 bridgehead atoms. The molecular formula is C13H26N4. The van der Waals surface area contributed by atoms with Gasteiger partial charge < -0.3 is 10.2 Å². The number of nitrogens with zero attached hydrogens (tertiary/aromatic N) is 3. The number of aromatic nitrogens is 2. The molecule has 1 unspecified atom stereocenters. The van der Waals surface area contributed by atoms with Gasteiger partial charge in [0.25, 0.3) is 0 Å².